The van der Waals surface area contributed by atoms with Crippen LogP contribution in [0.2, 0.25) is 0 Å². The molecule has 1 N–H and O–H groups in total. The summed E-state index contributed by atoms with van der Waals surface area (Å²) in [5.74, 6) is 0.0821. The lowest BCUT2D eigenvalue weighted by Crippen LogP contribution is -2.34. The van der Waals surface area contributed by atoms with Gasteiger partial charge in [-0.25, -0.2) is 8.42 Å². The Hall–Kier alpha value is -1.40. The van der Waals surface area contributed by atoms with Crippen molar-refractivity contribution in [2.24, 2.45) is 0 Å². The number of anilines is 1. The van der Waals surface area contributed by atoms with Crippen molar-refractivity contribution in [1.29, 1.82) is 0 Å². The molecular formula is C14H20N2O3S. The zero-order chi connectivity index (χ0) is 14.8. The summed E-state index contributed by atoms with van der Waals surface area (Å²) in [6.07, 6.45) is 3.27. The monoisotopic (exact) mass is 296 g/mol. The molecule has 5 nitrogen and oxygen atoms in total. The smallest absolute Gasteiger partial charge is 0.232 e. The zero-order valence-electron chi connectivity index (χ0n) is 11.8. The van der Waals surface area contributed by atoms with Gasteiger partial charge in [0.15, 0.2) is 5.78 Å². The number of rotatable bonds is 5. The second-order valence-electron chi connectivity index (χ2n) is 5.06. The Kier molecular flexibility index (Phi) is 4.45. The molecule has 0 bridgehead atoms. The van der Waals surface area contributed by atoms with E-state index in [-0.39, 0.29) is 5.78 Å². The van der Waals surface area contributed by atoms with Crippen molar-refractivity contribution in [2.45, 2.75) is 19.3 Å². The Labute approximate surface area is 120 Å². The van der Waals surface area contributed by atoms with E-state index in [1.807, 2.05) is 13.1 Å². The quantitative estimate of drug-likeness (QED) is 0.829. The number of benzene rings is 1. The second kappa shape index (κ2) is 5.93. The third kappa shape index (κ3) is 3.19. The average molecular weight is 296 g/mol. The van der Waals surface area contributed by atoms with Crippen LogP contribution in [0.5, 0.6) is 0 Å². The van der Waals surface area contributed by atoms with Crippen molar-refractivity contribution in [3.63, 3.8) is 0 Å². The number of hydrogen-bond acceptors (Lipinski definition) is 4. The van der Waals surface area contributed by atoms with E-state index in [0.29, 0.717) is 30.8 Å². The molecule has 1 heterocycles. The molecule has 0 unspecified atom stereocenters. The van der Waals surface area contributed by atoms with Crippen LogP contribution in [-0.2, 0) is 16.4 Å². The molecule has 0 aromatic heterocycles. The van der Waals surface area contributed by atoms with Gasteiger partial charge in [-0.05, 0) is 43.7 Å². The van der Waals surface area contributed by atoms with Gasteiger partial charge in [0.1, 0.15) is 0 Å². The summed E-state index contributed by atoms with van der Waals surface area (Å²) in [5.41, 5.74) is 2.32. The van der Waals surface area contributed by atoms with Crippen LogP contribution in [0.25, 0.3) is 0 Å². The van der Waals surface area contributed by atoms with Gasteiger partial charge in [-0.2, -0.15) is 0 Å². The molecule has 0 amide bonds. The van der Waals surface area contributed by atoms with E-state index >= 15 is 0 Å². The summed E-state index contributed by atoms with van der Waals surface area (Å²) in [4.78, 5) is 12.0. The van der Waals surface area contributed by atoms with Crippen LogP contribution in [-0.4, -0.2) is 40.6 Å². The first-order valence-electron chi connectivity index (χ1n) is 6.72. The fraction of sp³-hybridized carbons (Fsp3) is 0.500. The molecule has 6 heteroatoms. The normalized spacial score (nSPS) is 15.0. The van der Waals surface area contributed by atoms with E-state index in [1.54, 1.807) is 12.1 Å². The van der Waals surface area contributed by atoms with Crippen LogP contribution in [0.4, 0.5) is 5.69 Å². The van der Waals surface area contributed by atoms with Gasteiger partial charge in [-0.1, -0.05) is 0 Å². The highest BCUT2D eigenvalue weighted by Crippen LogP contribution is 2.30. The van der Waals surface area contributed by atoms with E-state index < -0.39 is 10.0 Å². The molecule has 1 aromatic carbocycles. The molecule has 0 atom stereocenters. The fourth-order valence-electron chi connectivity index (χ4n) is 2.46. The van der Waals surface area contributed by atoms with Gasteiger partial charge >= 0.3 is 0 Å². The lowest BCUT2D eigenvalue weighted by Gasteiger charge is -2.29. The lowest BCUT2D eigenvalue weighted by atomic mass is 9.98. The number of hydrogen-bond donors (Lipinski definition) is 1. The molecule has 2 rings (SSSR count). The predicted molar refractivity (Wildman–Crippen MR) is 79.8 cm³/mol. The topological polar surface area (TPSA) is 66.5 Å². The largest absolute Gasteiger partial charge is 0.319 e. The zero-order valence-corrected chi connectivity index (χ0v) is 12.7. The lowest BCUT2D eigenvalue weighted by molar-refractivity contribution is 0.0983. The number of nitrogens with zero attached hydrogens (tertiary/aromatic N) is 1. The molecule has 0 saturated carbocycles. The van der Waals surface area contributed by atoms with Crippen molar-refractivity contribution in [2.75, 3.05) is 30.7 Å². The number of carbonyl (C=O) groups excluding carboxylic acids is 1. The van der Waals surface area contributed by atoms with E-state index in [4.69, 9.17) is 0 Å². The average Bonchev–Trinajstić information content (AvgIpc) is 2.42. The first kappa shape index (κ1) is 15.0. The molecule has 0 saturated heterocycles. The highest BCUT2D eigenvalue weighted by molar-refractivity contribution is 7.92. The molecule has 0 radical (unpaired) electrons. The summed E-state index contributed by atoms with van der Waals surface area (Å²) in [6.45, 7) is 1.16. The van der Waals surface area contributed by atoms with Crippen LogP contribution in [0.15, 0.2) is 18.2 Å². The molecule has 0 spiro atoms. The van der Waals surface area contributed by atoms with Gasteiger partial charge in [-0.3, -0.25) is 9.10 Å². The Morgan fingerprint density at radius 3 is 2.80 bits per heavy atom. The minimum absolute atomic E-state index is 0.0821. The van der Waals surface area contributed by atoms with Crippen LogP contribution < -0.4 is 9.62 Å². The Morgan fingerprint density at radius 2 is 2.15 bits per heavy atom. The SMILES string of the molecule is CNCCC(=O)c1ccc2c(c1)CCCN2S(C)(=O)=O. The van der Waals surface area contributed by atoms with E-state index in [2.05, 4.69) is 5.32 Å². The third-order valence-corrected chi connectivity index (χ3v) is 4.66. The third-order valence-electron chi connectivity index (χ3n) is 3.48. The number of nitrogens with one attached hydrogen (secondary N) is 1. The van der Waals surface area contributed by atoms with Gasteiger partial charge in [-0.15, -0.1) is 0 Å². The molecule has 20 heavy (non-hydrogen) atoms. The van der Waals surface area contributed by atoms with Crippen LogP contribution >= 0.6 is 0 Å². The maximum Gasteiger partial charge on any atom is 0.232 e. The highest BCUT2D eigenvalue weighted by Gasteiger charge is 2.24. The number of carbonyl (C=O) groups is 1. The minimum atomic E-state index is -3.25. The van der Waals surface area contributed by atoms with Gasteiger partial charge in [0.05, 0.1) is 11.9 Å². The molecule has 1 aliphatic rings. The van der Waals surface area contributed by atoms with Crippen molar-refractivity contribution in [3.05, 3.63) is 29.3 Å². The molecule has 1 aromatic rings. The Balaban J connectivity index is 2.30. The summed E-state index contributed by atoms with van der Waals surface area (Å²) in [6, 6.07) is 5.31. The molecular weight excluding hydrogens is 276 g/mol. The van der Waals surface area contributed by atoms with Crippen molar-refractivity contribution < 1.29 is 13.2 Å². The van der Waals surface area contributed by atoms with Gasteiger partial charge in [0.25, 0.3) is 0 Å². The van der Waals surface area contributed by atoms with Crippen molar-refractivity contribution in [3.8, 4) is 0 Å². The molecule has 110 valence electrons. The van der Waals surface area contributed by atoms with Crippen molar-refractivity contribution in [1.82, 2.24) is 5.32 Å². The van der Waals surface area contributed by atoms with Crippen molar-refractivity contribution >= 4 is 21.5 Å². The fourth-order valence-corrected chi connectivity index (χ4v) is 3.46. The summed E-state index contributed by atoms with van der Waals surface area (Å²) < 4.78 is 24.9. The number of fused-ring (bicyclic) bond motifs is 1. The Morgan fingerprint density at radius 1 is 1.40 bits per heavy atom. The summed E-state index contributed by atoms with van der Waals surface area (Å²) in [5, 5.41) is 2.95. The van der Waals surface area contributed by atoms with Crippen LogP contribution in [0, 0.1) is 0 Å². The summed E-state index contributed by atoms with van der Waals surface area (Å²) >= 11 is 0. The van der Waals surface area contributed by atoms with Crippen LogP contribution in [0.3, 0.4) is 0 Å². The summed E-state index contributed by atoms with van der Waals surface area (Å²) in [7, 11) is -1.44. The first-order valence-corrected chi connectivity index (χ1v) is 8.57. The highest BCUT2D eigenvalue weighted by atomic mass is 32.2. The molecule has 0 aliphatic carbocycles. The maximum atomic E-state index is 12.0. The molecule has 0 fully saturated rings. The molecule has 1 aliphatic heterocycles. The number of sulfonamides is 1. The standard InChI is InChI=1S/C14H20N2O3S/c1-15-8-7-14(17)12-5-6-13-11(10-12)4-3-9-16(13)20(2,18)19/h5-6,10,15H,3-4,7-9H2,1-2H3. The van der Waals surface area contributed by atoms with E-state index in [9.17, 15) is 13.2 Å². The van der Waals surface area contributed by atoms with E-state index in [1.165, 1.54) is 10.6 Å². The second-order valence-corrected chi connectivity index (χ2v) is 6.97. The maximum absolute atomic E-state index is 12.0. The van der Waals surface area contributed by atoms with Crippen LogP contribution in [0.1, 0.15) is 28.8 Å². The predicted octanol–water partition coefficient (Wildman–Crippen LogP) is 1.19. The Bertz CT molecular complexity index is 611. The van der Waals surface area contributed by atoms with E-state index in [0.717, 1.165) is 18.4 Å². The van der Waals surface area contributed by atoms with Gasteiger partial charge in [0, 0.05) is 25.1 Å². The number of ketones is 1. The first-order chi connectivity index (χ1) is 9.43. The van der Waals surface area contributed by atoms with Gasteiger partial charge in [0.2, 0.25) is 10.0 Å². The number of aryl methyl sites for hydroxylation is 1. The minimum Gasteiger partial charge on any atom is -0.319 e. The number of Topliss-reactive ketones (excluding diaryl/α,β-unsaturated/α-hetero) is 1. The van der Waals surface area contributed by atoms with Gasteiger partial charge < -0.3 is 5.32 Å².